The minimum absolute atomic E-state index is 0.0374. The van der Waals surface area contributed by atoms with Gasteiger partial charge in [0.15, 0.2) is 0 Å². The fourth-order valence-electron chi connectivity index (χ4n) is 3.40. The van der Waals surface area contributed by atoms with Crippen LogP contribution in [0.2, 0.25) is 0 Å². The molecule has 1 aromatic rings. The van der Waals surface area contributed by atoms with E-state index in [-0.39, 0.29) is 44.9 Å². The zero-order chi connectivity index (χ0) is 27.8. The molecule has 37 heavy (non-hydrogen) atoms. The molecule has 1 aromatic heterocycles. The molecule has 2 atom stereocenters. The zero-order valence-electron chi connectivity index (χ0n) is 19.9. The number of rotatable bonds is 7. The fourth-order valence-corrected chi connectivity index (χ4v) is 5.79. The van der Waals surface area contributed by atoms with Crippen LogP contribution in [0.1, 0.15) is 43.2 Å². The second-order valence-electron chi connectivity index (χ2n) is 8.77. The van der Waals surface area contributed by atoms with Crippen LogP contribution in [0.15, 0.2) is 15.8 Å². The number of carboxylic acid groups (broad SMARTS) is 1. The van der Waals surface area contributed by atoms with E-state index in [1.54, 1.807) is 20.8 Å². The van der Waals surface area contributed by atoms with Crippen LogP contribution in [-0.4, -0.2) is 74.1 Å². The van der Waals surface area contributed by atoms with Crippen LogP contribution in [0.4, 0.5) is 5.00 Å². The number of nitrogens with two attached hydrogens (primary N) is 1. The van der Waals surface area contributed by atoms with Gasteiger partial charge < -0.3 is 25.6 Å². The van der Waals surface area contributed by atoms with Gasteiger partial charge in [-0.15, -0.1) is 11.8 Å². The van der Waals surface area contributed by atoms with E-state index in [1.165, 1.54) is 18.7 Å². The molecule has 2 amide bonds. The molecule has 3 rings (SSSR count). The summed E-state index contributed by atoms with van der Waals surface area (Å²) in [5, 5.41) is 11.2. The molecule has 0 bridgehead atoms. The Morgan fingerprint density at radius 1 is 1.27 bits per heavy atom. The maximum Gasteiger partial charge on any atom is 0.368 e. The first-order valence-corrected chi connectivity index (χ1v) is 13.1. The first kappa shape index (κ1) is 28.8. The zero-order valence-corrected chi connectivity index (χ0v) is 23.1. The van der Waals surface area contributed by atoms with Crippen molar-refractivity contribution < 1.29 is 38.6 Å². The van der Waals surface area contributed by atoms with Crippen molar-refractivity contribution in [3.05, 3.63) is 26.5 Å². The van der Waals surface area contributed by atoms with E-state index in [0.717, 1.165) is 16.2 Å². The molecule has 0 spiro atoms. The Kier molecular flexibility index (Phi) is 8.47. The standard InChI is InChI=1S/C21H22Cl2N4O8S2/c1-7(28)34-5-8-6-36-18-11(17(30)27(18)12(8)19(31)32)25-15(29)9(13(22)23)10-14(24)37-16(26-10)20(33)35-21(2,3)4/h11,18H,5-6,24H2,1-4H3,(H,25,29)(H,31,32)/t11?,18-/m1/s1. The number of thiazole rings is 1. The van der Waals surface area contributed by atoms with Crippen molar-refractivity contribution in [3.63, 3.8) is 0 Å². The maximum absolute atomic E-state index is 13.1. The Balaban J connectivity index is 1.81. The van der Waals surface area contributed by atoms with E-state index in [9.17, 15) is 29.1 Å². The average Bonchev–Trinajstić information content (AvgIpc) is 3.15. The summed E-state index contributed by atoms with van der Waals surface area (Å²) in [7, 11) is 0. The highest BCUT2D eigenvalue weighted by atomic mass is 35.5. The van der Waals surface area contributed by atoms with E-state index in [1.807, 2.05) is 0 Å². The first-order chi connectivity index (χ1) is 17.1. The molecular weight excluding hydrogens is 571 g/mol. The Hall–Kier alpha value is -2.81. The molecule has 16 heteroatoms. The Morgan fingerprint density at radius 2 is 1.92 bits per heavy atom. The van der Waals surface area contributed by atoms with Gasteiger partial charge in [0.25, 0.3) is 11.8 Å². The van der Waals surface area contributed by atoms with Crippen molar-refractivity contribution in [2.45, 2.75) is 44.7 Å². The van der Waals surface area contributed by atoms with Crippen LogP contribution in [0.5, 0.6) is 0 Å². The number of hydrogen-bond donors (Lipinski definition) is 3. The van der Waals surface area contributed by atoms with E-state index in [2.05, 4.69) is 10.3 Å². The van der Waals surface area contributed by atoms with Crippen LogP contribution < -0.4 is 11.1 Å². The second kappa shape index (κ2) is 10.9. The minimum atomic E-state index is -1.38. The third-order valence-electron chi connectivity index (χ3n) is 4.87. The summed E-state index contributed by atoms with van der Waals surface area (Å²) in [5.74, 6) is -4.20. The Bertz CT molecular complexity index is 1250. The lowest BCUT2D eigenvalue weighted by Gasteiger charge is -2.49. The number of carbonyl (C=O) groups is 5. The van der Waals surface area contributed by atoms with E-state index < -0.39 is 51.2 Å². The number of aliphatic carboxylic acids is 1. The lowest BCUT2D eigenvalue weighted by molar-refractivity contribution is -0.150. The Morgan fingerprint density at radius 3 is 2.46 bits per heavy atom. The van der Waals surface area contributed by atoms with Crippen molar-refractivity contribution in [3.8, 4) is 0 Å². The number of carboxylic acids is 1. The summed E-state index contributed by atoms with van der Waals surface area (Å²) in [5.41, 5.74) is 4.58. The number of fused-ring (bicyclic) bond motifs is 1. The highest BCUT2D eigenvalue weighted by Gasteiger charge is 2.54. The number of nitrogen functional groups attached to an aromatic ring is 1. The second-order valence-corrected chi connectivity index (χ2v) is 11.9. The molecule has 0 aliphatic carbocycles. The number of hydrogen-bond acceptors (Lipinski definition) is 11. The van der Waals surface area contributed by atoms with Gasteiger partial charge >= 0.3 is 17.9 Å². The van der Waals surface area contributed by atoms with Gasteiger partial charge in [-0.1, -0.05) is 34.5 Å². The lowest BCUT2D eigenvalue weighted by atomic mass is 10.0. The summed E-state index contributed by atoms with van der Waals surface area (Å²) < 4.78 is 9.64. The number of amides is 2. The van der Waals surface area contributed by atoms with Crippen LogP contribution in [-0.2, 0) is 28.7 Å². The third-order valence-corrected chi connectivity index (χ3v) is 7.45. The summed E-state index contributed by atoms with van der Waals surface area (Å²) in [6.07, 6.45) is 0. The van der Waals surface area contributed by atoms with Crippen LogP contribution in [0.25, 0.3) is 5.57 Å². The van der Waals surface area contributed by atoms with Gasteiger partial charge in [-0.2, -0.15) is 0 Å². The molecule has 4 N–H and O–H groups in total. The van der Waals surface area contributed by atoms with Crippen molar-refractivity contribution in [2.75, 3.05) is 18.1 Å². The predicted molar refractivity (Wildman–Crippen MR) is 137 cm³/mol. The molecule has 1 fully saturated rings. The average molecular weight is 593 g/mol. The number of anilines is 1. The van der Waals surface area contributed by atoms with Crippen molar-refractivity contribution >= 4 is 86.6 Å². The van der Waals surface area contributed by atoms with Gasteiger partial charge in [-0.25, -0.2) is 14.6 Å². The van der Waals surface area contributed by atoms with Gasteiger partial charge in [0.05, 0.1) is 5.57 Å². The molecule has 0 saturated carbocycles. The number of nitrogens with zero attached hydrogens (tertiary/aromatic N) is 2. The predicted octanol–water partition coefficient (Wildman–Crippen LogP) is 2.13. The highest BCUT2D eigenvalue weighted by Crippen LogP contribution is 2.41. The maximum atomic E-state index is 13.1. The number of halogens is 2. The normalized spacial score (nSPS) is 19.0. The number of nitrogens with one attached hydrogen (secondary N) is 1. The van der Waals surface area contributed by atoms with E-state index in [4.69, 9.17) is 38.4 Å². The van der Waals surface area contributed by atoms with Gasteiger partial charge in [-0.05, 0) is 20.8 Å². The van der Waals surface area contributed by atoms with Crippen LogP contribution in [0, 0.1) is 0 Å². The fraction of sp³-hybridized carbons (Fsp3) is 0.429. The van der Waals surface area contributed by atoms with Crippen LogP contribution in [0.3, 0.4) is 0 Å². The van der Waals surface area contributed by atoms with Crippen molar-refractivity contribution in [1.82, 2.24) is 15.2 Å². The minimum Gasteiger partial charge on any atom is -0.477 e. The summed E-state index contributed by atoms with van der Waals surface area (Å²) >= 11 is 13.9. The number of esters is 2. The smallest absolute Gasteiger partial charge is 0.368 e. The molecule has 0 radical (unpaired) electrons. The van der Waals surface area contributed by atoms with Crippen molar-refractivity contribution in [1.29, 1.82) is 0 Å². The summed E-state index contributed by atoms with van der Waals surface area (Å²) in [4.78, 5) is 66.4. The lowest BCUT2D eigenvalue weighted by Crippen LogP contribution is -2.70. The summed E-state index contributed by atoms with van der Waals surface area (Å²) in [6.45, 7) is 5.91. The van der Waals surface area contributed by atoms with Crippen LogP contribution >= 0.6 is 46.3 Å². The van der Waals surface area contributed by atoms with E-state index >= 15 is 0 Å². The molecule has 1 unspecified atom stereocenters. The molecule has 0 aromatic carbocycles. The monoisotopic (exact) mass is 592 g/mol. The molecule has 2 aliphatic heterocycles. The first-order valence-electron chi connectivity index (χ1n) is 10.5. The third kappa shape index (κ3) is 6.20. The Labute approximate surface area is 229 Å². The number of carbonyl (C=O) groups excluding carboxylic acids is 4. The number of thioether (sulfide) groups is 1. The van der Waals surface area contributed by atoms with Gasteiger partial charge in [0.1, 0.15) is 44.5 Å². The van der Waals surface area contributed by atoms with Gasteiger partial charge in [-0.3, -0.25) is 19.3 Å². The number of ether oxygens (including phenoxy) is 2. The molecule has 2 aliphatic rings. The molecule has 12 nitrogen and oxygen atoms in total. The molecular formula is C21H22Cl2N4O8S2. The molecule has 3 heterocycles. The van der Waals surface area contributed by atoms with Gasteiger partial charge in [0, 0.05) is 18.2 Å². The van der Waals surface area contributed by atoms with Crippen molar-refractivity contribution in [2.24, 2.45) is 0 Å². The number of aromatic nitrogens is 1. The quantitative estimate of drug-likeness (QED) is 0.240. The topological polar surface area (TPSA) is 178 Å². The largest absolute Gasteiger partial charge is 0.477 e. The summed E-state index contributed by atoms with van der Waals surface area (Å²) in [6, 6.07) is -1.12. The molecule has 1 saturated heterocycles. The SMILES string of the molecule is CC(=O)OCC1=C(C(=O)O)N2C(=O)C(NC(=O)C(=C(Cl)Cl)c3nc(C(=O)OC(C)(C)C)sc3N)[C@H]2SC1. The highest BCUT2D eigenvalue weighted by molar-refractivity contribution is 8.00. The number of β-lactam (4-membered cyclic amide) rings is 1. The van der Waals surface area contributed by atoms with Gasteiger partial charge in [0.2, 0.25) is 5.01 Å². The van der Waals surface area contributed by atoms with E-state index in [0.29, 0.717) is 0 Å². The molecule has 200 valence electrons.